The zero-order valence-corrected chi connectivity index (χ0v) is 10.7. The van der Waals surface area contributed by atoms with Crippen molar-refractivity contribution in [2.24, 2.45) is 0 Å². The molecule has 0 aliphatic carbocycles. The van der Waals surface area contributed by atoms with Crippen molar-refractivity contribution in [1.82, 2.24) is 20.2 Å². The van der Waals surface area contributed by atoms with Gasteiger partial charge in [0.25, 0.3) is 0 Å². The fourth-order valence-corrected chi connectivity index (χ4v) is 1.42. The van der Waals surface area contributed by atoms with Crippen LogP contribution in [0.2, 0.25) is 0 Å². The van der Waals surface area contributed by atoms with Crippen LogP contribution in [0.25, 0.3) is 11.0 Å². The van der Waals surface area contributed by atoms with Gasteiger partial charge in [0.15, 0.2) is 5.65 Å². The van der Waals surface area contributed by atoms with Gasteiger partial charge in [-0.15, -0.1) is 0 Å². The largest absolute Gasteiger partial charge is 0.475 e. The summed E-state index contributed by atoms with van der Waals surface area (Å²) in [7, 11) is 0. The number of hydrogen-bond donors (Lipinski definition) is 1. The van der Waals surface area contributed by atoms with Gasteiger partial charge in [-0.3, -0.25) is 5.10 Å². The summed E-state index contributed by atoms with van der Waals surface area (Å²) >= 11 is 0. The molecule has 2 aromatic rings. The Labute approximate surface area is 114 Å². The van der Waals surface area contributed by atoms with E-state index >= 15 is 0 Å². The molecule has 8 heteroatoms. The monoisotopic (exact) mass is 278 g/mol. The highest BCUT2D eigenvalue weighted by atomic mass is 16.6. The van der Waals surface area contributed by atoms with E-state index in [-0.39, 0.29) is 6.61 Å². The number of esters is 1. The van der Waals surface area contributed by atoms with E-state index in [4.69, 9.17) is 14.2 Å². The standard InChI is InChI=1S/C12H14N4O4/c1-2-10(17)19-5-3-18-4-6-20-12-9-7-15-16-11(9)13-8-14-12/h2,7-8H,1,3-6H2,(H,13,14,15,16). The predicted octanol–water partition coefficient (Wildman–Crippen LogP) is 0.477. The Hall–Kier alpha value is -2.48. The molecule has 2 aromatic heterocycles. The second kappa shape index (κ2) is 7.19. The first-order valence-electron chi connectivity index (χ1n) is 5.95. The molecule has 0 saturated carbocycles. The van der Waals surface area contributed by atoms with Gasteiger partial charge < -0.3 is 14.2 Å². The van der Waals surface area contributed by atoms with E-state index < -0.39 is 5.97 Å². The third kappa shape index (κ3) is 3.75. The van der Waals surface area contributed by atoms with Gasteiger partial charge in [-0.05, 0) is 0 Å². The van der Waals surface area contributed by atoms with Gasteiger partial charge in [0.05, 0.1) is 19.4 Å². The van der Waals surface area contributed by atoms with Crippen LogP contribution in [0.3, 0.4) is 0 Å². The summed E-state index contributed by atoms with van der Waals surface area (Å²) in [5, 5.41) is 7.30. The first-order valence-corrected chi connectivity index (χ1v) is 5.95. The molecule has 0 fully saturated rings. The first-order chi connectivity index (χ1) is 9.81. The molecular formula is C12H14N4O4. The molecule has 0 aliphatic heterocycles. The smallest absolute Gasteiger partial charge is 0.330 e. The Morgan fingerprint density at radius 2 is 2.15 bits per heavy atom. The number of rotatable bonds is 8. The summed E-state index contributed by atoms with van der Waals surface area (Å²) in [5.41, 5.74) is 0.618. The summed E-state index contributed by atoms with van der Waals surface area (Å²) in [6, 6.07) is 0. The molecule has 0 radical (unpaired) electrons. The van der Waals surface area contributed by atoms with Crippen LogP contribution in [0, 0.1) is 0 Å². The lowest BCUT2D eigenvalue weighted by Gasteiger charge is -2.06. The van der Waals surface area contributed by atoms with Crippen molar-refractivity contribution in [3.63, 3.8) is 0 Å². The maximum atomic E-state index is 10.7. The number of nitrogens with zero attached hydrogens (tertiary/aromatic N) is 3. The highest BCUT2D eigenvalue weighted by molar-refractivity contribution is 5.81. The first kappa shape index (κ1) is 13.9. The number of carbonyl (C=O) groups is 1. The van der Waals surface area contributed by atoms with Crippen LogP contribution in [0.15, 0.2) is 25.2 Å². The van der Waals surface area contributed by atoms with Crippen molar-refractivity contribution in [2.75, 3.05) is 26.4 Å². The molecule has 0 unspecified atom stereocenters. The number of aromatic amines is 1. The Morgan fingerprint density at radius 1 is 1.30 bits per heavy atom. The van der Waals surface area contributed by atoms with Gasteiger partial charge >= 0.3 is 5.97 Å². The zero-order chi connectivity index (χ0) is 14.2. The average Bonchev–Trinajstić information content (AvgIpc) is 2.95. The second-order valence-electron chi connectivity index (χ2n) is 3.64. The van der Waals surface area contributed by atoms with Crippen molar-refractivity contribution in [3.8, 4) is 5.88 Å². The van der Waals surface area contributed by atoms with Gasteiger partial charge in [0, 0.05) is 6.08 Å². The van der Waals surface area contributed by atoms with E-state index in [1.807, 2.05) is 0 Å². The summed E-state index contributed by atoms with van der Waals surface area (Å²) in [5.74, 6) is -0.0152. The van der Waals surface area contributed by atoms with E-state index in [2.05, 4.69) is 26.7 Å². The highest BCUT2D eigenvalue weighted by Gasteiger charge is 2.05. The predicted molar refractivity (Wildman–Crippen MR) is 69.2 cm³/mol. The van der Waals surface area contributed by atoms with Gasteiger partial charge in [-0.2, -0.15) is 5.10 Å². The molecule has 0 spiro atoms. The number of hydrogen-bond acceptors (Lipinski definition) is 7. The van der Waals surface area contributed by atoms with Gasteiger partial charge in [-0.1, -0.05) is 6.58 Å². The summed E-state index contributed by atoms with van der Waals surface area (Å²) in [6.07, 6.45) is 4.10. The third-order valence-electron chi connectivity index (χ3n) is 2.32. The van der Waals surface area contributed by atoms with Crippen LogP contribution in [-0.2, 0) is 14.3 Å². The lowest BCUT2D eigenvalue weighted by molar-refractivity contribution is -0.139. The molecule has 0 bridgehead atoms. The van der Waals surface area contributed by atoms with Crippen LogP contribution in [0.4, 0.5) is 0 Å². The Kier molecular flexibility index (Phi) is 5.01. The summed E-state index contributed by atoms with van der Waals surface area (Å²) in [4.78, 5) is 18.8. The van der Waals surface area contributed by atoms with Crippen molar-refractivity contribution in [1.29, 1.82) is 0 Å². The van der Waals surface area contributed by atoms with Crippen molar-refractivity contribution in [2.45, 2.75) is 0 Å². The maximum Gasteiger partial charge on any atom is 0.330 e. The molecule has 0 saturated heterocycles. The molecule has 0 atom stereocenters. The van der Waals surface area contributed by atoms with Gasteiger partial charge in [0.2, 0.25) is 5.88 Å². The van der Waals surface area contributed by atoms with Crippen LogP contribution in [0.5, 0.6) is 5.88 Å². The van der Waals surface area contributed by atoms with Gasteiger partial charge in [0.1, 0.15) is 24.9 Å². The fraction of sp³-hybridized carbons (Fsp3) is 0.333. The molecule has 0 amide bonds. The topological polar surface area (TPSA) is 99.2 Å². The SMILES string of the molecule is C=CC(=O)OCCOCCOc1ncnc2[nH]ncc12. The molecule has 0 aliphatic rings. The number of H-pyrrole nitrogens is 1. The zero-order valence-electron chi connectivity index (χ0n) is 10.7. The molecular weight excluding hydrogens is 264 g/mol. The average molecular weight is 278 g/mol. The Balaban J connectivity index is 1.65. The fourth-order valence-electron chi connectivity index (χ4n) is 1.42. The molecule has 0 aromatic carbocycles. The molecule has 1 N–H and O–H groups in total. The molecule has 106 valence electrons. The molecule has 2 rings (SSSR count). The van der Waals surface area contributed by atoms with Crippen LogP contribution >= 0.6 is 0 Å². The summed E-state index contributed by atoms with van der Waals surface area (Å²) < 4.78 is 15.5. The van der Waals surface area contributed by atoms with E-state index in [1.54, 1.807) is 6.20 Å². The van der Waals surface area contributed by atoms with E-state index in [0.717, 1.165) is 6.08 Å². The van der Waals surface area contributed by atoms with Crippen molar-refractivity contribution >= 4 is 17.0 Å². The highest BCUT2D eigenvalue weighted by Crippen LogP contribution is 2.17. The van der Waals surface area contributed by atoms with E-state index in [0.29, 0.717) is 36.7 Å². The van der Waals surface area contributed by atoms with Crippen LogP contribution in [0.1, 0.15) is 0 Å². The van der Waals surface area contributed by atoms with Crippen molar-refractivity contribution < 1.29 is 19.0 Å². The minimum Gasteiger partial charge on any atom is -0.475 e. The number of aromatic nitrogens is 4. The third-order valence-corrected chi connectivity index (χ3v) is 2.32. The lowest BCUT2D eigenvalue weighted by Crippen LogP contribution is -2.12. The van der Waals surface area contributed by atoms with Crippen LogP contribution < -0.4 is 4.74 Å². The second-order valence-corrected chi connectivity index (χ2v) is 3.64. The molecule has 2 heterocycles. The number of nitrogens with one attached hydrogen (secondary N) is 1. The molecule has 20 heavy (non-hydrogen) atoms. The summed E-state index contributed by atoms with van der Waals surface area (Å²) in [6.45, 7) is 4.45. The quantitative estimate of drug-likeness (QED) is 0.426. The Morgan fingerprint density at radius 3 is 3.00 bits per heavy atom. The number of ether oxygens (including phenoxy) is 3. The molecule has 8 nitrogen and oxygen atoms in total. The van der Waals surface area contributed by atoms with Crippen LogP contribution in [-0.4, -0.2) is 52.6 Å². The van der Waals surface area contributed by atoms with Crippen molar-refractivity contribution in [3.05, 3.63) is 25.2 Å². The minimum absolute atomic E-state index is 0.185. The van der Waals surface area contributed by atoms with E-state index in [1.165, 1.54) is 6.33 Å². The number of fused-ring (bicyclic) bond motifs is 1. The van der Waals surface area contributed by atoms with E-state index in [9.17, 15) is 4.79 Å². The van der Waals surface area contributed by atoms with Gasteiger partial charge in [-0.25, -0.2) is 14.8 Å². The maximum absolute atomic E-state index is 10.7. The normalized spacial score (nSPS) is 10.4. The minimum atomic E-state index is -0.465. The Bertz CT molecular complexity index is 584. The lowest BCUT2D eigenvalue weighted by atomic mass is 10.4. The number of carbonyl (C=O) groups excluding carboxylic acids is 1.